The van der Waals surface area contributed by atoms with Crippen molar-refractivity contribution in [2.45, 2.75) is 25.7 Å². The van der Waals surface area contributed by atoms with Crippen molar-refractivity contribution in [1.29, 1.82) is 0 Å². The zero-order valence-corrected chi connectivity index (χ0v) is 14.8. The van der Waals surface area contributed by atoms with Crippen LogP contribution in [0.25, 0.3) is 0 Å². The summed E-state index contributed by atoms with van der Waals surface area (Å²) in [6, 6.07) is 7.19. The number of nitrogens with one attached hydrogen (secondary N) is 2. The molecule has 0 spiro atoms. The number of alkyl halides is 3. The number of aliphatic imine (C=N–C) groups is 1. The van der Waals surface area contributed by atoms with Crippen molar-refractivity contribution in [3.63, 3.8) is 0 Å². The summed E-state index contributed by atoms with van der Waals surface area (Å²) in [6.07, 6.45) is -3.16. The number of hydrogen-bond donors (Lipinski definition) is 2. The van der Waals surface area contributed by atoms with Gasteiger partial charge in [0.1, 0.15) is 0 Å². The standard InChI is InChI=1S/C16H19ClF3N5/c1-10(11-5-4-6-13(17)7-11)23-15(21-2)22-8-12-9-25(3)24-14(12)16(18,19)20/h4-7,9-10H,8H2,1-3H3,(H2,21,22,23). The minimum Gasteiger partial charge on any atom is -0.352 e. The Bertz CT molecular complexity index is 754. The molecule has 0 amide bonds. The van der Waals surface area contributed by atoms with Gasteiger partial charge in [0.25, 0.3) is 0 Å². The average molecular weight is 374 g/mol. The summed E-state index contributed by atoms with van der Waals surface area (Å²) in [5.41, 5.74) is 0.0852. The molecule has 2 aromatic rings. The molecule has 0 aliphatic carbocycles. The summed E-state index contributed by atoms with van der Waals surface area (Å²) in [4.78, 5) is 4.04. The highest BCUT2D eigenvalue weighted by Crippen LogP contribution is 2.30. The molecule has 1 unspecified atom stereocenters. The van der Waals surface area contributed by atoms with Crippen molar-refractivity contribution < 1.29 is 13.2 Å². The van der Waals surface area contributed by atoms with Gasteiger partial charge in [-0.3, -0.25) is 9.67 Å². The second-order valence-corrected chi connectivity index (χ2v) is 5.96. The molecule has 25 heavy (non-hydrogen) atoms. The van der Waals surface area contributed by atoms with Crippen molar-refractivity contribution in [3.05, 3.63) is 52.3 Å². The monoisotopic (exact) mass is 373 g/mol. The zero-order chi connectivity index (χ0) is 18.6. The van der Waals surface area contributed by atoms with Crippen LogP contribution in [0.3, 0.4) is 0 Å². The molecule has 2 rings (SSSR count). The first kappa shape index (κ1) is 19.1. The molecule has 0 aliphatic rings. The molecule has 1 heterocycles. The molecule has 136 valence electrons. The third-order valence-electron chi connectivity index (χ3n) is 3.54. The number of aromatic nitrogens is 2. The van der Waals surface area contributed by atoms with Crippen LogP contribution < -0.4 is 10.6 Å². The van der Waals surface area contributed by atoms with Gasteiger partial charge in [0.15, 0.2) is 11.7 Å². The van der Waals surface area contributed by atoms with Gasteiger partial charge in [0, 0.05) is 37.4 Å². The predicted molar refractivity (Wildman–Crippen MR) is 91.4 cm³/mol. The van der Waals surface area contributed by atoms with Crippen molar-refractivity contribution >= 4 is 17.6 Å². The fraction of sp³-hybridized carbons (Fsp3) is 0.375. The Morgan fingerprint density at radius 3 is 2.72 bits per heavy atom. The normalized spacial score (nSPS) is 13.6. The lowest BCUT2D eigenvalue weighted by atomic mass is 10.1. The van der Waals surface area contributed by atoms with Crippen molar-refractivity contribution in [3.8, 4) is 0 Å². The molecular weight excluding hydrogens is 355 g/mol. The Morgan fingerprint density at radius 1 is 1.40 bits per heavy atom. The van der Waals surface area contributed by atoms with Crippen LogP contribution >= 0.6 is 11.6 Å². The van der Waals surface area contributed by atoms with E-state index >= 15 is 0 Å². The van der Waals surface area contributed by atoms with Crippen LogP contribution in [-0.2, 0) is 19.8 Å². The molecule has 0 saturated carbocycles. The van der Waals surface area contributed by atoms with E-state index in [0.717, 1.165) is 10.2 Å². The van der Waals surface area contributed by atoms with E-state index in [9.17, 15) is 13.2 Å². The number of guanidine groups is 1. The Morgan fingerprint density at radius 2 is 2.12 bits per heavy atom. The summed E-state index contributed by atoms with van der Waals surface area (Å²) in [7, 11) is 3.00. The van der Waals surface area contributed by atoms with Gasteiger partial charge < -0.3 is 10.6 Å². The van der Waals surface area contributed by atoms with Gasteiger partial charge in [0.2, 0.25) is 0 Å². The maximum atomic E-state index is 13.0. The molecule has 0 bridgehead atoms. The number of halogens is 4. The maximum absolute atomic E-state index is 13.0. The fourth-order valence-corrected chi connectivity index (χ4v) is 2.54. The lowest BCUT2D eigenvalue weighted by Gasteiger charge is -2.18. The Labute approximate surface area is 148 Å². The van der Waals surface area contributed by atoms with Gasteiger partial charge in [-0.25, -0.2) is 0 Å². The lowest BCUT2D eigenvalue weighted by Crippen LogP contribution is -2.38. The van der Waals surface area contributed by atoms with Crippen molar-refractivity contribution in [2.75, 3.05) is 7.05 Å². The lowest BCUT2D eigenvalue weighted by molar-refractivity contribution is -0.142. The molecule has 5 nitrogen and oxygen atoms in total. The van der Waals surface area contributed by atoms with E-state index in [4.69, 9.17) is 11.6 Å². The van der Waals surface area contributed by atoms with Gasteiger partial charge in [-0.15, -0.1) is 0 Å². The Hall–Kier alpha value is -2.22. The molecule has 0 saturated heterocycles. The predicted octanol–water partition coefficient (Wildman–Crippen LogP) is 3.52. The first-order chi connectivity index (χ1) is 11.7. The topological polar surface area (TPSA) is 54.2 Å². The highest BCUT2D eigenvalue weighted by atomic mass is 35.5. The van der Waals surface area contributed by atoms with E-state index in [1.807, 2.05) is 25.1 Å². The summed E-state index contributed by atoms with van der Waals surface area (Å²) in [6.45, 7) is 1.86. The first-order valence-electron chi connectivity index (χ1n) is 7.53. The SMILES string of the molecule is CN=C(NCc1cn(C)nc1C(F)(F)F)NC(C)c1cccc(Cl)c1. The second-order valence-electron chi connectivity index (χ2n) is 5.52. The Balaban J connectivity index is 2.04. The second kappa shape index (κ2) is 7.77. The summed E-state index contributed by atoms with van der Waals surface area (Å²) in [5, 5.41) is 10.1. The largest absolute Gasteiger partial charge is 0.435 e. The molecule has 1 atom stereocenters. The minimum absolute atomic E-state index is 0.0494. The quantitative estimate of drug-likeness (QED) is 0.637. The smallest absolute Gasteiger partial charge is 0.352 e. The van der Waals surface area contributed by atoms with E-state index in [0.29, 0.717) is 11.0 Å². The summed E-state index contributed by atoms with van der Waals surface area (Å²) in [5.74, 6) is 0.379. The van der Waals surface area contributed by atoms with Crippen LogP contribution in [-0.4, -0.2) is 22.8 Å². The molecule has 9 heteroatoms. The summed E-state index contributed by atoms with van der Waals surface area (Å²) < 4.78 is 40.1. The minimum atomic E-state index is -4.50. The van der Waals surface area contributed by atoms with E-state index in [2.05, 4.69) is 20.7 Å². The Kier molecular flexibility index (Phi) is 5.94. The zero-order valence-electron chi connectivity index (χ0n) is 14.0. The first-order valence-corrected chi connectivity index (χ1v) is 7.91. The molecule has 0 radical (unpaired) electrons. The number of benzene rings is 1. The number of aryl methyl sites for hydroxylation is 1. The van der Waals surface area contributed by atoms with Crippen LogP contribution in [0.2, 0.25) is 5.02 Å². The van der Waals surface area contributed by atoms with Gasteiger partial charge >= 0.3 is 6.18 Å². The number of hydrogen-bond acceptors (Lipinski definition) is 2. The van der Waals surface area contributed by atoms with E-state index in [1.165, 1.54) is 13.2 Å². The molecule has 1 aromatic carbocycles. The van der Waals surface area contributed by atoms with Gasteiger partial charge in [-0.2, -0.15) is 18.3 Å². The van der Waals surface area contributed by atoms with Crippen LogP contribution in [0.15, 0.2) is 35.5 Å². The van der Waals surface area contributed by atoms with Gasteiger partial charge in [-0.05, 0) is 24.6 Å². The number of rotatable bonds is 4. The third-order valence-corrected chi connectivity index (χ3v) is 3.78. The average Bonchev–Trinajstić information content (AvgIpc) is 2.92. The van der Waals surface area contributed by atoms with Gasteiger partial charge in [-0.1, -0.05) is 23.7 Å². The molecule has 2 N–H and O–H groups in total. The van der Waals surface area contributed by atoms with Crippen LogP contribution in [0.4, 0.5) is 13.2 Å². The van der Waals surface area contributed by atoms with Crippen LogP contribution in [0.1, 0.15) is 29.8 Å². The van der Waals surface area contributed by atoms with E-state index < -0.39 is 11.9 Å². The molecule has 0 fully saturated rings. The van der Waals surface area contributed by atoms with Crippen molar-refractivity contribution in [2.24, 2.45) is 12.0 Å². The fourth-order valence-electron chi connectivity index (χ4n) is 2.34. The highest BCUT2D eigenvalue weighted by molar-refractivity contribution is 6.30. The third kappa shape index (κ3) is 5.12. The van der Waals surface area contributed by atoms with Crippen LogP contribution in [0, 0.1) is 0 Å². The van der Waals surface area contributed by atoms with Crippen LogP contribution in [0.5, 0.6) is 0 Å². The molecule has 0 aliphatic heterocycles. The summed E-state index contributed by atoms with van der Waals surface area (Å²) >= 11 is 5.97. The van der Waals surface area contributed by atoms with Gasteiger partial charge in [0.05, 0.1) is 6.04 Å². The highest BCUT2D eigenvalue weighted by Gasteiger charge is 2.36. The molecular formula is C16H19ClF3N5. The van der Waals surface area contributed by atoms with E-state index in [1.54, 1.807) is 13.1 Å². The van der Waals surface area contributed by atoms with E-state index in [-0.39, 0.29) is 18.2 Å². The molecule has 1 aromatic heterocycles. The van der Waals surface area contributed by atoms with Crippen molar-refractivity contribution in [1.82, 2.24) is 20.4 Å². The number of nitrogens with zero attached hydrogens (tertiary/aromatic N) is 3. The maximum Gasteiger partial charge on any atom is 0.435 e.